The lowest BCUT2D eigenvalue weighted by molar-refractivity contribution is 0.650. The van der Waals surface area contributed by atoms with Crippen molar-refractivity contribution in [3.63, 3.8) is 0 Å². The first-order valence-corrected chi connectivity index (χ1v) is 5.79. The van der Waals surface area contributed by atoms with E-state index in [2.05, 4.69) is 27.7 Å². The van der Waals surface area contributed by atoms with E-state index in [0.29, 0.717) is 0 Å². The van der Waals surface area contributed by atoms with Gasteiger partial charge in [-0.25, -0.2) is 0 Å². The smallest absolute Gasteiger partial charge is 0.0543 e. The molecule has 0 aliphatic heterocycles. The molecule has 1 atom stereocenters. The van der Waals surface area contributed by atoms with Crippen LogP contribution in [0.25, 0.3) is 0 Å². The molecule has 2 rings (SSSR count). The molecule has 0 aliphatic rings. The Labute approximate surface area is 93.0 Å². The molecule has 4 heteroatoms. The van der Waals surface area contributed by atoms with Gasteiger partial charge >= 0.3 is 0 Å². The van der Waals surface area contributed by atoms with Gasteiger partial charge in [0.1, 0.15) is 0 Å². The third-order valence-corrected chi connectivity index (χ3v) is 3.25. The second-order valence-electron chi connectivity index (χ2n) is 3.40. The standard InChI is InChI=1S/C11H13N3S/c12-11(9-5-6-13-14-8-9)4-3-10-2-1-7-15-10/h1-2,5-8,11H,3-4,12H2. The van der Waals surface area contributed by atoms with E-state index in [1.165, 1.54) is 4.88 Å². The van der Waals surface area contributed by atoms with Crippen molar-refractivity contribution in [1.82, 2.24) is 10.2 Å². The van der Waals surface area contributed by atoms with Crippen LogP contribution in [-0.2, 0) is 6.42 Å². The molecular formula is C11H13N3S. The van der Waals surface area contributed by atoms with Crippen LogP contribution in [0.4, 0.5) is 0 Å². The lowest BCUT2D eigenvalue weighted by atomic mass is 10.1. The highest BCUT2D eigenvalue weighted by atomic mass is 32.1. The molecule has 2 heterocycles. The van der Waals surface area contributed by atoms with Gasteiger partial charge in [0, 0.05) is 17.1 Å². The summed E-state index contributed by atoms with van der Waals surface area (Å²) in [5, 5.41) is 9.65. The molecule has 0 saturated heterocycles. The van der Waals surface area contributed by atoms with Crippen LogP contribution in [0.3, 0.4) is 0 Å². The summed E-state index contributed by atoms with van der Waals surface area (Å²) in [5.41, 5.74) is 7.11. The van der Waals surface area contributed by atoms with Crippen molar-refractivity contribution in [3.8, 4) is 0 Å². The summed E-state index contributed by atoms with van der Waals surface area (Å²) in [6, 6.07) is 6.19. The van der Waals surface area contributed by atoms with Crippen LogP contribution >= 0.6 is 11.3 Å². The minimum absolute atomic E-state index is 0.0580. The number of hydrogen-bond donors (Lipinski definition) is 1. The number of aryl methyl sites for hydroxylation is 1. The van der Waals surface area contributed by atoms with Gasteiger partial charge in [-0.1, -0.05) is 6.07 Å². The van der Waals surface area contributed by atoms with Crippen molar-refractivity contribution in [1.29, 1.82) is 0 Å². The molecule has 0 bridgehead atoms. The van der Waals surface area contributed by atoms with Gasteiger partial charge in [0.25, 0.3) is 0 Å². The van der Waals surface area contributed by atoms with E-state index in [4.69, 9.17) is 5.73 Å². The van der Waals surface area contributed by atoms with Crippen LogP contribution in [0.2, 0.25) is 0 Å². The zero-order valence-corrected chi connectivity index (χ0v) is 9.15. The second-order valence-corrected chi connectivity index (χ2v) is 4.43. The Morgan fingerprint density at radius 2 is 2.27 bits per heavy atom. The molecule has 2 aromatic heterocycles. The SMILES string of the molecule is NC(CCc1cccs1)c1ccnnc1. The molecule has 0 amide bonds. The second kappa shape index (κ2) is 5.00. The topological polar surface area (TPSA) is 51.8 Å². The van der Waals surface area contributed by atoms with Gasteiger partial charge < -0.3 is 5.73 Å². The van der Waals surface area contributed by atoms with Gasteiger partial charge in [-0.2, -0.15) is 10.2 Å². The summed E-state index contributed by atoms with van der Waals surface area (Å²) in [6.45, 7) is 0. The average molecular weight is 219 g/mol. The molecule has 0 saturated carbocycles. The predicted octanol–water partition coefficient (Wildman–Crippen LogP) is 2.17. The van der Waals surface area contributed by atoms with Crippen molar-refractivity contribution in [2.75, 3.05) is 0 Å². The van der Waals surface area contributed by atoms with Gasteiger partial charge in [0.15, 0.2) is 0 Å². The maximum absolute atomic E-state index is 6.05. The van der Waals surface area contributed by atoms with Gasteiger partial charge in [-0.3, -0.25) is 0 Å². The predicted molar refractivity (Wildman–Crippen MR) is 61.6 cm³/mol. The molecule has 15 heavy (non-hydrogen) atoms. The Bertz CT molecular complexity index is 385. The van der Waals surface area contributed by atoms with Crippen molar-refractivity contribution in [2.24, 2.45) is 5.73 Å². The summed E-state index contributed by atoms with van der Waals surface area (Å²) in [4.78, 5) is 1.38. The normalized spacial score (nSPS) is 12.6. The molecule has 2 aromatic rings. The molecule has 0 radical (unpaired) electrons. The number of nitrogens with two attached hydrogens (primary N) is 1. The number of rotatable bonds is 4. The minimum atomic E-state index is 0.0580. The van der Waals surface area contributed by atoms with Crippen molar-refractivity contribution in [2.45, 2.75) is 18.9 Å². The molecule has 0 spiro atoms. The minimum Gasteiger partial charge on any atom is -0.324 e. The summed E-state index contributed by atoms with van der Waals surface area (Å²) < 4.78 is 0. The van der Waals surface area contributed by atoms with E-state index in [9.17, 15) is 0 Å². The number of nitrogens with zero attached hydrogens (tertiary/aromatic N) is 2. The Morgan fingerprint density at radius 1 is 1.33 bits per heavy atom. The van der Waals surface area contributed by atoms with Crippen LogP contribution in [0.5, 0.6) is 0 Å². The van der Waals surface area contributed by atoms with Crippen LogP contribution in [0.1, 0.15) is 22.9 Å². The van der Waals surface area contributed by atoms with Crippen LogP contribution in [0, 0.1) is 0 Å². The van der Waals surface area contributed by atoms with Gasteiger partial charge in [0.2, 0.25) is 0 Å². The van der Waals surface area contributed by atoms with Crippen molar-refractivity contribution < 1.29 is 0 Å². The Kier molecular flexibility index (Phi) is 3.42. The van der Waals surface area contributed by atoms with E-state index < -0.39 is 0 Å². The van der Waals surface area contributed by atoms with Gasteiger partial charge in [-0.05, 0) is 35.9 Å². The zero-order chi connectivity index (χ0) is 10.5. The molecule has 1 unspecified atom stereocenters. The van der Waals surface area contributed by atoms with Crippen LogP contribution < -0.4 is 5.73 Å². The first-order valence-electron chi connectivity index (χ1n) is 4.91. The molecule has 0 aliphatic carbocycles. The zero-order valence-electron chi connectivity index (χ0n) is 8.34. The lowest BCUT2D eigenvalue weighted by Crippen LogP contribution is -2.11. The highest BCUT2D eigenvalue weighted by Gasteiger charge is 2.06. The van der Waals surface area contributed by atoms with E-state index >= 15 is 0 Å². The summed E-state index contributed by atoms with van der Waals surface area (Å²) in [5.74, 6) is 0. The fourth-order valence-corrected chi connectivity index (χ4v) is 2.16. The number of thiophene rings is 1. The first kappa shape index (κ1) is 10.3. The molecular weight excluding hydrogens is 206 g/mol. The molecule has 0 fully saturated rings. The fourth-order valence-electron chi connectivity index (χ4n) is 1.44. The average Bonchev–Trinajstić information content (AvgIpc) is 2.80. The quantitative estimate of drug-likeness (QED) is 0.857. The van der Waals surface area contributed by atoms with Gasteiger partial charge in [-0.15, -0.1) is 11.3 Å². The Morgan fingerprint density at radius 3 is 2.93 bits per heavy atom. The largest absolute Gasteiger partial charge is 0.324 e. The van der Waals surface area contributed by atoms with E-state index in [0.717, 1.165) is 18.4 Å². The van der Waals surface area contributed by atoms with Crippen LogP contribution in [-0.4, -0.2) is 10.2 Å². The van der Waals surface area contributed by atoms with E-state index in [1.807, 2.05) is 6.07 Å². The lowest BCUT2D eigenvalue weighted by Gasteiger charge is -2.09. The maximum atomic E-state index is 6.05. The van der Waals surface area contributed by atoms with Crippen LogP contribution in [0.15, 0.2) is 36.0 Å². The third-order valence-electron chi connectivity index (χ3n) is 2.32. The summed E-state index contributed by atoms with van der Waals surface area (Å²) >= 11 is 1.78. The van der Waals surface area contributed by atoms with E-state index in [-0.39, 0.29) is 6.04 Å². The third kappa shape index (κ3) is 2.84. The summed E-state index contributed by atoms with van der Waals surface area (Å²) in [6.07, 6.45) is 5.40. The Hall–Kier alpha value is -1.26. The maximum Gasteiger partial charge on any atom is 0.0543 e. The molecule has 2 N–H and O–H groups in total. The van der Waals surface area contributed by atoms with Gasteiger partial charge in [0.05, 0.1) is 6.20 Å². The molecule has 3 nitrogen and oxygen atoms in total. The highest BCUT2D eigenvalue weighted by Crippen LogP contribution is 2.17. The summed E-state index contributed by atoms with van der Waals surface area (Å²) in [7, 11) is 0. The number of hydrogen-bond acceptors (Lipinski definition) is 4. The van der Waals surface area contributed by atoms with Crippen molar-refractivity contribution >= 4 is 11.3 Å². The first-order chi connectivity index (χ1) is 7.36. The van der Waals surface area contributed by atoms with Crippen molar-refractivity contribution in [3.05, 3.63) is 46.4 Å². The fraction of sp³-hybridized carbons (Fsp3) is 0.273. The Balaban J connectivity index is 1.90. The number of aromatic nitrogens is 2. The van der Waals surface area contributed by atoms with E-state index in [1.54, 1.807) is 23.7 Å². The molecule has 78 valence electrons. The highest BCUT2D eigenvalue weighted by molar-refractivity contribution is 7.09. The monoisotopic (exact) mass is 219 g/mol. The molecule has 0 aromatic carbocycles.